The average Bonchev–Trinajstić information content (AvgIpc) is 2.75. The molecule has 0 fully saturated rings. The second-order valence-electron chi connectivity index (χ2n) is 6.77. The molecule has 2 N–H and O–H groups in total. The van der Waals surface area contributed by atoms with Crippen molar-refractivity contribution in [2.45, 2.75) is 23.9 Å². The molecule has 0 aliphatic carbocycles. The minimum absolute atomic E-state index is 0.140. The van der Waals surface area contributed by atoms with Gasteiger partial charge in [0.2, 0.25) is 0 Å². The lowest BCUT2D eigenvalue weighted by Crippen LogP contribution is -2.55. The summed E-state index contributed by atoms with van der Waals surface area (Å²) in [5.74, 6) is -2.20. The summed E-state index contributed by atoms with van der Waals surface area (Å²) in [6.07, 6.45) is -0.913. The van der Waals surface area contributed by atoms with Crippen molar-refractivity contribution < 1.29 is 19.7 Å². The molecule has 0 aliphatic heterocycles. The first kappa shape index (κ1) is 20.2. The fourth-order valence-electron chi connectivity index (χ4n) is 3.91. The third-order valence-corrected chi connectivity index (χ3v) is 5.20. The minimum atomic E-state index is -2.20. The van der Waals surface area contributed by atoms with Gasteiger partial charge in [0.15, 0.2) is 12.1 Å². The van der Waals surface area contributed by atoms with E-state index in [1.54, 1.807) is 0 Å². The van der Waals surface area contributed by atoms with Crippen molar-refractivity contribution in [3.8, 4) is 0 Å². The minimum Gasteiger partial charge on any atom is -0.364 e. The van der Waals surface area contributed by atoms with Gasteiger partial charge in [-0.05, 0) is 16.7 Å². The second-order valence-corrected chi connectivity index (χ2v) is 6.77. The molecule has 0 heterocycles. The van der Waals surface area contributed by atoms with E-state index in [0.29, 0.717) is 0 Å². The normalized spacial score (nSPS) is 12.3. The van der Waals surface area contributed by atoms with Gasteiger partial charge in [0.05, 0.1) is 11.8 Å². The van der Waals surface area contributed by atoms with Crippen molar-refractivity contribution in [2.24, 2.45) is 0 Å². The van der Waals surface area contributed by atoms with Gasteiger partial charge < -0.3 is 19.7 Å². The van der Waals surface area contributed by atoms with E-state index < -0.39 is 17.5 Å². The first-order chi connectivity index (χ1) is 13.6. The zero-order valence-electron chi connectivity index (χ0n) is 16.2. The molecular weight excluding hydrogens is 352 g/mol. The summed E-state index contributed by atoms with van der Waals surface area (Å²) >= 11 is 0. The molecule has 0 radical (unpaired) electrons. The zero-order chi connectivity index (χ0) is 20.0. The number of hydrogen-bond donors (Lipinski definition) is 2. The Morgan fingerprint density at radius 1 is 0.643 bits per heavy atom. The Morgan fingerprint density at radius 2 is 0.964 bits per heavy atom. The standard InChI is InChI=1S/C24H26O4/c1-27-22(28-2)18-23(25,26)24(19-12-6-3-7-13-19,20-14-8-4-9-15-20)21-16-10-5-11-17-21/h3-17,22,25-26H,18H2,1-2H3. The monoisotopic (exact) mass is 378 g/mol. The van der Waals surface area contributed by atoms with Crippen LogP contribution < -0.4 is 0 Å². The predicted molar refractivity (Wildman–Crippen MR) is 109 cm³/mol. The van der Waals surface area contributed by atoms with Crippen LogP contribution in [0.5, 0.6) is 0 Å². The van der Waals surface area contributed by atoms with Crippen molar-refractivity contribution in [1.82, 2.24) is 0 Å². The maximum absolute atomic E-state index is 11.6. The lowest BCUT2D eigenvalue weighted by molar-refractivity contribution is -0.243. The Labute approximate surface area is 166 Å². The molecule has 0 saturated carbocycles. The molecule has 4 heteroatoms. The van der Waals surface area contributed by atoms with Gasteiger partial charge in [-0.15, -0.1) is 0 Å². The van der Waals surface area contributed by atoms with Crippen molar-refractivity contribution in [3.63, 3.8) is 0 Å². The third-order valence-electron chi connectivity index (χ3n) is 5.20. The van der Waals surface area contributed by atoms with E-state index in [9.17, 15) is 10.2 Å². The largest absolute Gasteiger partial charge is 0.364 e. The van der Waals surface area contributed by atoms with Crippen LogP contribution in [-0.2, 0) is 14.9 Å². The highest BCUT2D eigenvalue weighted by Crippen LogP contribution is 2.48. The molecule has 0 aliphatic rings. The van der Waals surface area contributed by atoms with Crippen LogP contribution in [0.1, 0.15) is 23.1 Å². The van der Waals surface area contributed by atoms with Crippen molar-refractivity contribution >= 4 is 0 Å². The summed E-state index contributed by atoms with van der Waals surface area (Å²) in [5.41, 5.74) is 1.06. The highest BCUT2D eigenvalue weighted by Gasteiger charge is 2.54. The number of benzene rings is 3. The maximum atomic E-state index is 11.6. The molecule has 0 aromatic heterocycles. The summed E-state index contributed by atoms with van der Waals surface area (Å²) < 4.78 is 10.6. The van der Waals surface area contributed by atoms with E-state index in [2.05, 4.69) is 0 Å². The van der Waals surface area contributed by atoms with Crippen molar-refractivity contribution in [1.29, 1.82) is 0 Å². The molecule has 0 bridgehead atoms. The number of rotatable bonds is 8. The van der Waals surface area contributed by atoms with Crippen molar-refractivity contribution in [3.05, 3.63) is 108 Å². The van der Waals surface area contributed by atoms with Gasteiger partial charge in [0, 0.05) is 14.2 Å². The number of methoxy groups -OCH3 is 2. The Kier molecular flexibility index (Phi) is 6.27. The van der Waals surface area contributed by atoms with E-state index in [0.717, 1.165) is 16.7 Å². The van der Waals surface area contributed by atoms with Crippen LogP contribution in [0.15, 0.2) is 91.0 Å². The van der Waals surface area contributed by atoms with E-state index in [1.165, 1.54) is 14.2 Å². The van der Waals surface area contributed by atoms with Crippen LogP contribution in [0.4, 0.5) is 0 Å². The van der Waals surface area contributed by atoms with Gasteiger partial charge in [-0.2, -0.15) is 0 Å². The first-order valence-electron chi connectivity index (χ1n) is 9.23. The highest BCUT2D eigenvalue weighted by atomic mass is 16.7. The smallest absolute Gasteiger partial charge is 0.185 e. The molecule has 3 aromatic carbocycles. The average molecular weight is 378 g/mol. The van der Waals surface area contributed by atoms with Gasteiger partial charge in [-0.25, -0.2) is 0 Å². The number of hydrogen-bond acceptors (Lipinski definition) is 4. The number of aliphatic hydroxyl groups is 2. The van der Waals surface area contributed by atoms with Gasteiger partial charge in [0.1, 0.15) is 0 Å². The molecule has 0 saturated heterocycles. The Bertz CT molecular complexity index is 747. The molecule has 3 aromatic rings. The van der Waals surface area contributed by atoms with Crippen LogP contribution in [0.3, 0.4) is 0 Å². The van der Waals surface area contributed by atoms with Crippen LogP contribution in [-0.4, -0.2) is 36.5 Å². The third kappa shape index (κ3) is 3.60. The Hall–Kier alpha value is -2.50. The zero-order valence-corrected chi connectivity index (χ0v) is 16.2. The maximum Gasteiger partial charge on any atom is 0.185 e. The van der Waals surface area contributed by atoms with Gasteiger partial charge >= 0.3 is 0 Å². The van der Waals surface area contributed by atoms with Crippen LogP contribution in [0, 0.1) is 0 Å². The lowest BCUT2D eigenvalue weighted by Gasteiger charge is -2.46. The molecule has 28 heavy (non-hydrogen) atoms. The fourth-order valence-corrected chi connectivity index (χ4v) is 3.91. The summed E-state index contributed by atoms with van der Waals surface area (Å²) in [6, 6.07) is 28.6. The summed E-state index contributed by atoms with van der Waals surface area (Å²) in [5, 5.41) is 23.2. The summed E-state index contributed by atoms with van der Waals surface area (Å²) in [4.78, 5) is 0. The van der Waals surface area contributed by atoms with E-state index >= 15 is 0 Å². The van der Waals surface area contributed by atoms with Crippen molar-refractivity contribution in [2.75, 3.05) is 14.2 Å². The van der Waals surface area contributed by atoms with Crippen LogP contribution >= 0.6 is 0 Å². The SMILES string of the molecule is COC(CC(O)(O)C(c1ccccc1)(c1ccccc1)c1ccccc1)OC. The summed E-state index contributed by atoms with van der Waals surface area (Å²) in [7, 11) is 2.97. The Morgan fingerprint density at radius 3 is 1.25 bits per heavy atom. The number of ether oxygens (including phenoxy) is 2. The fraction of sp³-hybridized carbons (Fsp3) is 0.250. The summed E-state index contributed by atoms with van der Waals surface area (Å²) in [6.45, 7) is 0. The van der Waals surface area contributed by atoms with Crippen LogP contribution in [0.25, 0.3) is 0 Å². The van der Waals surface area contributed by atoms with E-state index in [-0.39, 0.29) is 6.42 Å². The van der Waals surface area contributed by atoms with E-state index in [4.69, 9.17) is 9.47 Å². The van der Waals surface area contributed by atoms with Crippen LogP contribution in [0.2, 0.25) is 0 Å². The molecule has 4 nitrogen and oxygen atoms in total. The lowest BCUT2D eigenvalue weighted by atomic mass is 9.63. The Balaban J connectivity index is 2.34. The molecular formula is C24H26O4. The van der Waals surface area contributed by atoms with E-state index in [1.807, 2.05) is 91.0 Å². The predicted octanol–water partition coefficient (Wildman–Crippen LogP) is 3.71. The van der Waals surface area contributed by atoms with Gasteiger partial charge in [-0.3, -0.25) is 0 Å². The molecule has 0 unspecified atom stereocenters. The molecule has 3 rings (SSSR count). The topological polar surface area (TPSA) is 58.9 Å². The second kappa shape index (κ2) is 8.67. The first-order valence-corrected chi connectivity index (χ1v) is 9.23. The molecule has 146 valence electrons. The quantitative estimate of drug-likeness (QED) is 0.463. The highest BCUT2D eigenvalue weighted by molar-refractivity contribution is 5.53. The molecule has 0 spiro atoms. The van der Waals surface area contributed by atoms with Gasteiger partial charge in [-0.1, -0.05) is 91.0 Å². The molecule has 0 atom stereocenters. The van der Waals surface area contributed by atoms with Gasteiger partial charge in [0.25, 0.3) is 0 Å². The molecule has 0 amide bonds.